The normalized spacial score (nSPS) is 12.2. The summed E-state index contributed by atoms with van der Waals surface area (Å²) >= 11 is 11.5. The molecule has 0 saturated carbocycles. The Balaban J connectivity index is 2.58. The fourth-order valence-corrected chi connectivity index (χ4v) is 2.04. The summed E-state index contributed by atoms with van der Waals surface area (Å²) in [6.45, 7) is 2.15. The second-order valence-corrected chi connectivity index (χ2v) is 5.81. The highest BCUT2D eigenvalue weighted by atomic mass is 35.5. The Morgan fingerprint density at radius 1 is 1.47 bits per heavy atom. The van der Waals surface area contributed by atoms with Crippen LogP contribution in [0.5, 0.6) is 0 Å². The van der Waals surface area contributed by atoms with Crippen LogP contribution < -0.4 is 5.32 Å². The Kier molecular flexibility index (Phi) is 5.88. The van der Waals surface area contributed by atoms with E-state index in [1.165, 1.54) is 12.1 Å². The number of carbonyl (C=O) groups is 1. The largest absolute Gasteiger partial charge is 0.350 e. The third kappa shape index (κ3) is 4.61. The number of rotatable bonds is 5. The van der Waals surface area contributed by atoms with E-state index >= 15 is 0 Å². The summed E-state index contributed by atoms with van der Waals surface area (Å²) in [6.07, 6.45) is 0. The van der Waals surface area contributed by atoms with Crippen molar-refractivity contribution < 1.29 is 9.00 Å². The van der Waals surface area contributed by atoms with E-state index in [1.807, 2.05) is 6.92 Å². The average molecular weight is 295 g/mol. The molecule has 1 rings (SSSR count). The van der Waals surface area contributed by atoms with E-state index < -0.39 is 16.7 Å². The molecule has 1 heterocycles. The molecule has 0 spiro atoms. The first-order valence-electron chi connectivity index (χ1n) is 4.99. The fourth-order valence-electron chi connectivity index (χ4n) is 1.08. The average Bonchev–Trinajstić information content (AvgIpc) is 2.31. The molecule has 0 aromatic carbocycles. The van der Waals surface area contributed by atoms with Crippen molar-refractivity contribution >= 4 is 39.9 Å². The third-order valence-electron chi connectivity index (χ3n) is 1.96. The molecule has 94 valence electrons. The van der Waals surface area contributed by atoms with Gasteiger partial charge in [-0.15, -0.1) is 0 Å². The second kappa shape index (κ2) is 6.93. The van der Waals surface area contributed by atoms with E-state index in [9.17, 15) is 9.00 Å². The Hall–Kier alpha value is -0.650. The van der Waals surface area contributed by atoms with Crippen LogP contribution in [0.1, 0.15) is 17.4 Å². The Morgan fingerprint density at radius 2 is 2.18 bits per heavy atom. The fraction of sp³-hybridized carbons (Fsp3) is 0.400. The molecular formula is C10H12Cl2N2O2S. The lowest BCUT2D eigenvalue weighted by Crippen LogP contribution is -2.29. The summed E-state index contributed by atoms with van der Waals surface area (Å²) in [4.78, 5) is 15.5. The van der Waals surface area contributed by atoms with Crippen molar-refractivity contribution in [2.45, 2.75) is 6.92 Å². The number of carbonyl (C=O) groups excluding carboxylic acids is 1. The first kappa shape index (κ1) is 14.4. The van der Waals surface area contributed by atoms with E-state index in [0.717, 1.165) is 0 Å². The van der Waals surface area contributed by atoms with Crippen LogP contribution in [0.25, 0.3) is 0 Å². The molecule has 0 aliphatic heterocycles. The number of pyridine rings is 1. The van der Waals surface area contributed by atoms with Gasteiger partial charge in [0.15, 0.2) is 0 Å². The molecule has 7 heteroatoms. The van der Waals surface area contributed by atoms with Gasteiger partial charge < -0.3 is 5.32 Å². The molecule has 1 aromatic rings. The summed E-state index contributed by atoms with van der Waals surface area (Å²) in [5.74, 6) is 0.581. The highest BCUT2D eigenvalue weighted by Crippen LogP contribution is 2.16. The topological polar surface area (TPSA) is 59.1 Å². The molecule has 0 radical (unpaired) electrons. The molecule has 0 aliphatic carbocycles. The van der Waals surface area contributed by atoms with Crippen molar-refractivity contribution in [1.82, 2.24) is 10.3 Å². The minimum absolute atomic E-state index is 0.0847. The van der Waals surface area contributed by atoms with Gasteiger partial charge in [-0.1, -0.05) is 30.1 Å². The van der Waals surface area contributed by atoms with Crippen LogP contribution in [0.3, 0.4) is 0 Å². The van der Waals surface area contributed by atoms with Crippen molar-refractivity contribution in [2.75, 3.05) is 18.1 Å². The highest BCUT2D eigenvalue weighted by Gasteiger charge is 2.12. The predicted octanol–water partition coefficient (Wildman–Crippen LogP) is 1.89. The molecule has 0 saturated heterocycles. The molecule has 1 amide bonds. The molecule has 1 atom stereocenters. The minimum atomic E-state index is -0.904. The maximum absolute atomic E-state index is 11.7. The number of hydrogen-bond acceptors (Lipinski definition) is 3. The van der Waals surface area contributed by atoms with E-state index in [1.54, 1.807) is 0 Å². The second-order valence-electron chi connectivity index (χ2n) is 3.15. The molecule has 17 heavy (non-hydrogen) atoms. The molecule has 1 N–H and O–H groups in total. The third-order valence-corrected chi connectivity index (χ3v) is 3.78. The van der Waals surface area contributed by atoms with E-state index in [0.29, 0.717) is 18.1 Å². The molecule has 0 fully saturated rings. The lowest BCUT2D eigenvalue weighted by atomic mass is 10.3. The predicted molar refractivity (Wildman–Crippen MR) is 70.1 cm³/mol. The molecule has 0 bridgehead atoms. The number of nitrogens with one attached hydrogen (secondary N) is 1. The van der Waals surface area contributed by atoms with Crippen LogP contribution in [-0.4, -0.2) is 33.2 Å². The SMILES string of the molecule is CCS(=O)CCNC(=O)c1nc(Cl)ccc1Cl. The van der Waals surface area contributed by atoms with E-state index in [-0.39, 0.29) is 15.9 Å². The van der Waals surface area contributed by atoms with Gasteiger partial charge in [-0.3, -0.25) is 9.00 Å². The maximum atomic E-state index is 11.7. The number of nitrogens with zero attached hydrogens (tertiary/aromatic N) is 1. The van der Waals surface area contributed by atoms with Crippen LogP contribution in [0.2, 0.25) is 10.2 Å². The smallest absolute Gasteiger partial charge is 0.271 e. The van der Waals surface area contributed by atoms with Gasteiger partial charge >= 0.3 is 0 Å². The van der Waals surface area contributed by atoms with Gasteiger partial charge in [0.1, 0.15) is 10.8 Å². The van der Waals surface area contributed by atoms with Gasteiger partial charge in [0, 0.05) is 28.9 Å². The molecule has 0 aliphatic rings. The van der Waals surface area contributed by atoms with Crippen molar-refractivity contribution in [1.29, 1.82) is 0 Å². The first-order chi connectivity index (χ1) is 8.04. The Morgan fingerprint density at radius 3 is 2.82 bits per heavy atom. The summed E-state index contributed by atoms with van der Waals surface area (Å²) in [5, 5.41) is 3.04. The summed E-state index contributed by atoms with van der Waals surface area (Å²) in [7, 11) is -0.904. The van der Waals surface area contributed by atoms with Crippen molar-refractivity contribution in [3.8, 4) is 0 Å². The standard InChI is InChI=1S/C10H12Cl2N2O2S/c1-2-17(16)6-5-13-10(15)9-7(11)3-4-8(12)14-9/h3-4H,2,5-6H2,1H3,(H,13,15). The van der Waals surface area contributed by atoms with Crippen molar-refractivity contribution in [2.24, 2.45) is 0 Å². The monoisotopic (exact) mass is 294 g/mol. The van der Waals surface area contributed by atoms with E-state index in [4.69, 9.17) is 23.2 Å². The lowest BCUT2D eigenvalue weighted by Gasteiger charge is -2.05. The zero-order valence-corrected chi connectivity index (χ0v) is 11.5. The number of amides is 1. The first-order valence-corrected chi connectivity index (χ1v) is 7.24. The number of halogens is 2. The summed E-state index contributed by atoms with van der Waals surface area (Å²) in [6, 6.07) is 3.02. The van der Waals surface area contributed by atoms with Gasteiger partial charge in [0.2, 0.25) is 0 Å². The minimum Gasteiger partial charge on any atom is -0.350 e. The van der Waals surface area contributed by atoms with Gasteiger partial charge in [-0.05, 0) is 12.1 Å². The molecule has 4 nitrogen and oxygen atoms in total. The number of hydrogen-bond donors (Lipinski definition) is 1. The van der Waals surface area contributed by atoms with Gasteiger partial charge in [0.05, 0.1) is 5.02 Å². The molecule has 1 unspecified atom stereocenters. The van der Waals surface area contributed by atoms with E-state index in [2.05, 4.69) is 10.3 Å². The Bertz CT molecular complexity index is 440. The zero-order chi connectivity index (χ0) is 12.8. The highest BCUT2D eigenvalue weighted by molar-refractivity contribution is 7.84. The zero-order valence-electron chi connectivity index (χ0n) is 9.20. The summed E-state index contributed by atoms with van der Waals surface area (Å²) in [5.41, 5.74) is 0.0847. The van der Waals surface area contributed by atoms with Crippen LogP contribution in [0.4, 0.5) is 0 Å². The van der Waals surface area contributed by atoms with Crippen LogP contribution in [-0.2, 0) is 10.8 Å². The molecule has 1 aromatic heterocycles. The molecular weight excluding hydrogens is 283 g/mol. The number of aromatic nitrogens is 1. The van der Waals surface area contributed by atoms with Gasteiger partial charge in [0.25, 0.3) is 5.91 Å². The van der Waals surface area contributed by atoms with Crippen molar-refractivity contribution in [3.63, 3.8) is 0 Å². The summed E-state index contributed by atoms with van der Waals surface area (Å²) < 4.78 is 11.1. The Labute approximate surface area is 112 Å². The van der Waals surface area contributed by atoms with Crippen LogP contribution >= 0.6 is 23.2 Å². The van der Waals surface area contributed by atoms with Crippen molar-refractivity contribution in [3.05, 3.63) is 28.0 Å². The lowest BCUT2D eigenvalue weighted by molar-refractivity contribution is 0.0951. The quantitative estimate of drug-likeness (QED) is 0.844. The van der Waals surface area contributed by atoms with Crippen LogP contribution in [0.15, 0.2) is 12.1 Å². The van der Waals surface area contributed by atoms with Gasteiger partial charge in [-0.25, -0.2) is 4.98 Å². The van der Waals surface area contributed by atoms with Gasteiger partial charge in [-0.2, -0.15) is 0 Å². The van der Waals surface area contributed by atoms with Crippen LogP contribution in [0, 0.1) is 0 Å². The maximum Gasteiger partial charge on any atom is 0.271 e.